The Balaban J connectivity index is 2.10. The fourth-order valence-electron chi connectivity index (χ4n) is 1.51. The van der Waals surface area contributed by atoms with Crippen molar-refractivity contribution in [3.63, 3.8) is 0 Å². The summed E-state index contributed by atoms with van der Waals surface area (Å²) in [6.07, 6.45) is 3.27. The number of phenolic OH excluding ortho intramolecular Hbond substituents is 1. The number of benzene rings is 1. The van der Waals surface area contributed by atoms with E-state index in [-0.39, 0.29) is 11.7 Å². The molecule has 4 heteroatoms. The van der Waals surface area contributed by atoms with Crippen LogP contribution in [0.25, 0.3) is 0 Å². The lowest BCUT2D eigenvalue weighted by Crippen LogP contribution is -2.39. The van der Waals surface area contributed by atoms with Crippen LogP contribution in [0.2, 0.25) is 0 Å². The van der Waals surface area contributed by atoms with Crippen LogP contribution >= 0.6 is 15.9 Å². The largest absolute Gasteiger partial charge is 0.507 e. The highest BCUT2D eigenvalue weighted by atomic mass is 79.9. The van der Waals surface area contributed by atoms with Gasteiger partial charge in [0.05, 0.1) is 5.56 Å². The van der Waals surface area contributed by atoms with E-state index in [0.717, 1.165) is 17.3 Å². The van der Waals surface area contributed by atoms with Crippen LogP contribution in [-0.4, -0.2) is 17.1 Å². The van der Waals surface area contributed by atoms with Crippen LogP contribution in [0, 0.1) is 0 Å². The van der Waals surface area contributed by atoms with E-state index in [4.69, 9.17) is 0 Å². The standard InChI is InChI=1S/C11H12BrNO2/c12-7-4-5-9(10(14)6-7)11(15)13-8-2-1-3-8/h4-6,8,14H,1-3H2,(H,13,15). The Morgan fingerprint density at radius 2 is 2.20 bits per heavy atom. The normalized spacial score (nSPS) is 15.8. The zero-order chi connectivity index (χ0) is 10.8. The number of amides is 1. The fourth-order valence-corrected chi connectivity index (χ4v) is 1.86. The van der Waals surface area contributed by atoms with E-state index in [0.29, 0.717) is 11.6 Å². The van der Waals surface area contributed by atoms with E-state index in [1.165, 1.54) is 12.5 Å². The molecule has 3 nitrogen and oxygen atoms in total. The molecule has 1 aliphatic rings. The van der Waals surface area contributed by atoms with Crippen molar-refractivity contribution in [2.45, 2.75) is 25.3 Å². The minimum absolute atomic E-state index is 0.0150. The average Bonchev–Trinajstić information content (AvgIpc) is 2.11. The lowest BCUT2D eigenvalue weighted by Gasteiger charge is -2.26. The number of hydrogen-bond acceptors (Lipinski definition) is 2. The number of hydrogen-bond donors (Lipinski definition) is 2. The Hall–Kier alpha value is -1.03. The van der Waals surface area contributed by atoms with Crippen LogP contribution in [0.4, 0.5) is 0 Å². The molecular weight excluding hydrogens is 258 g/mol. The zero-order valence-electron chi connectivity index (χ0n) is 8.16. The van der Waals surface area contributed by atoms with E-state index in [1.807, 2.05) is 0 Å². The highest BCUT2D eigenvalue weighted by Crippen LogP contribution is 2.24. The molecule has 1 aromatic rings. The first-order valence-electron chi connectivity index (χ1n) is 4.96. The van der Waals surface area contributed by atoms with E-state index in [9.17, 15) is 9.90 Å². The van der Waals surface area contributed by atoms with Gasteiger partial charge in [-0.3, -0.25) is 4.79 Å². The summed E-state index contributed by atoms with van der Waals surface area (Å²) in [5.41, 5.74) is 0.338. The Kier molecular flexibility index (Phi) is 2.95. The quantitative estimate of drug-likeness (QED) is 0.867. The molecule has 80 valence electrons. The molecule has 0 spiro atoms. The summed E-state index contributed by atoms with van der Waals surface area (Å²) in [6, 6.07) is 5.18. The van der Waals surface area contributed by atoms with Gasteiger partial charge in [-0.2, -0.15) is 0 Å². The summed E-state index contributed by atoms with van der Waals surface area (Å²) >= 11 is 3.23. The summed E-state index contributed by atoms with van der Waals surface area (Å²) in [6.45, 7) is 0. The Bertz CT molecular complexity index is 388. The monoisotopic (exact) mass is 269 g/mol. The van der Waals surface area contributed by atoms with Gasteiger partial charge in [0.15, 0.2) is 0 Å². The molecule has 2 N–H and O–H groups in total. The summed E-state index contributed by atoms with van der Waals surface area (Å²) in [5.74, 6) is -0.175. The summed E-state index contributed by atoms with van der Waals surface area (Å²) < 4.78 is 0.764. The average molecular weight is 270 g/mol. The number of nitrogens with one attached hydrogen (secondary N) is 1. The van der Waals surface area contributed by atoms with Crippen LogP contribution in [0.15, 0.2) is 22.7 Å². The van der Waals surface area contributed by atoms with Crippen molar-refractivity contribution in [1.82, 2.24) is 5.32 Å². The first-order valence-corrected chi connectivity index (χ1v) is 5.75. The second-order valence-corrected chi connectivity index (χ2v) is 4.68. The smallest absolute Gasteiger partial charge is 0.255 e. The van der Waals surface area contributed by atoms with Crippen LogP contribution in [0.1, 0.15) is 29.6 Å². The van der Waals surface area contributed by atoms with Crippen molar-refractivity contribution < 1.29 is 9.90 Å². The lowest BCUT2D eigenvalue weighted by atomic mass is 9.93. The van der Waals surface area contributed by atoms with Crippen molar-refractivity contribution in [2.24, 2.45) is 0 Å². The van der Waals surface area contributed by atoms with Crippen molar-refractivity contribution in [3.05, 3.63) is 28.2 Å². The number of halogens is 1. The second-order valence-electron chi connectivity index (χ2n) is 3.76. The Morgan fingerprint density at radius 1 is 1.47 bits per heavy atom. The van der Waals surface area contributed by atoms with Crippen molar-refractivity contribution in [1.29, 1.82) is 0 Å². The first-order chi connectivity index (χ1) is 7.16. The Morgan fingerprint density at radius 3 is 2.73 bits per heavy atom. The lowest BCUT2D eigenvalue weighted by molar-refractivity contribution is 0.0914. The summed E-state index contributed by atoms with van der Waals surface area (Å²) in [5, 5.41) is 12.5. The molecule has 0 heterocycles. The van der Waals surface area contributed by atoms with Crippen LogP contribution in [0.5, 0.6) is 5.75 Å². The van der Waals surface area contributed by atoms with E-state index in [2.05, 4.69) is 21.2 Å². The van der Waals surface area contributed by atoms with Gasteiger partial charge in [0.1, 0.15) is 5.75 Å². The van der Waals surface area contributed by atoms with Crippen molar-refractivity contribution >= 4 is 21.8 Å². The molecule has 1 fully saturated rings. The van der Waals surface area contributed by atoms with Gasteiger partial charge in [-0.25, -0.2) is 0 Å². The molecule has 1 aliphatic carbocycles. The number of phenols is 1. The number of carbonyl (C=O) groups is 1. The highest BCUT2D eigenvalue weighted by molar-refractivity contribution is 9.10. The van der Waals surface area contributed by atoms with Gasteiger partial charge >= 0.3 is 0 Å². The van der Waals surface area contributed by atoms with Gasteiger partial charge in [0.2, 0.25) is 0 Å². The predicted molar refractivity (Wildman–Crippen MR) is 60.9 cm³/mol. The van der Waals surface area contributed by atoms with Crippen molar-refractivity contribution in [2.75, 3.05) is 0 Å². The number of rotatable bonds is 2. The molecule has 0 saturated heterocycles. The topological polar surface area (TPSA) is 49.3 Å². The molecule has 0 unspecified atom stereocenters. The predicted octanol–water partition coefficient (Wildman–Crippen LogP) is 2.44. The molecular formula is C11H12BrNO2. The molecule has 2 rings (SSSR count). The molecule has 1 amide bonds. The maximum Gasteiger partial charge on any atom is 0.255 e. The maximum absolute atomic E-state index is 11.7. The third-order valence-electron chi connectivity index (χ3n) is 2.64. The number of aromatic hydroxyl groups is 1. The molecule has 0 aliphatic heterocycles. The molecule has 0 atom stereocenters. The van der Waals surface area contributed by atoms with Gasteiger partial charge in [-0.05, 0) is 37.5 Å². The molecule has 0 radical (unpaired) electrons. The van der Waals surface area contributed by atoms with Crippen molar-refractivity contribution in [3.8, 4) is 5.75 Å². The molecule has 15 heavy (non-hydrogen) atoms. The molecule has 1 saturated carbocycles. The third-order valence-corrected chi connectivity index (χ3v) is 3.14. The highest BCUT2D eigenvalue weighted by Gasteiger charge is 2.21. The summed E-state index contributed by atoms with van der Waals surface area (Å²) in [7, 11) is 0. The first kappa shape index (κ1) is 10.5. The minimum atomic E-state index is -0.190. The van der Waals surface area contributed by atoms with Crippen LogP contribution in [0.3, 0.4) is 0 Å². The molecule has 0 aromatic heterocycles. The van der Waals surface area contributed by atoms with Crippen LogP contribution in [-0.2, 0) is 0 Å². The van der Waals surface area contributed by atoms with E-state index in [1.54, 1.807) is 12.1 Å². The molecule has 0 bridgehead atoms. The SMILES string of the molecule is O=C(NC1CCC1)c1ccc(Br)cc1O. The van der Waals surface area contributed by atoms with Gasteiger partial charge in [-0.1, -0.05) is 15.9 Å². The van der Waals surface area contributed by atoms with E-state index < -0.39 is 0 Å². The van der Waals surface area contributed by atoms with Gasteiger partial charge in [0, 0.05) is 10.5 Å². The van der Waals surface area contributed by atoms with Gasteiger partial charge < -0.3 is 10.4 Å². The second kappa shape index (κ2) is 4.23. The zero-order valence-corrected chi connectivity index (χ0v) is 9.75. The summed E-state index contributed by atoms with van der Waals surface area (Å²) in [4.78, 5) is 11.7. The fraction of sp³-hybridized carbons (Fsp3) is 0.364. The Labute approximate surface area is 96.6 Å². The van der Waals surface area contributed by atoms with Crippen LogP contribution < -0.4 is 5.32 Å². The van der Waals surface area contributed by atoms with E-state index >= 15 is 0 Å². The van der Waals surface area contributed by atoms with Gasteiger partial charge in [0.25, 0.3) is 5.91 Å². The molecule has 1 aromatic carbocycles. The maximum atomic E-state index is 11.7. The van der Waals surface area contributed by atoms with Gasteiger partial charge in [-0.15, -0.1) is 0 Å². The third kappa shape index (κ3) is 2.31. The minimum Gasteiger partial charge on any atom is -0.507 e. The number of carbonyl (C=O) groups excluding carboxylic acids is 1.